The second kappa shape index (κ2) is 6.84. The van der Waals surface area contributed by atoms with E-state index in [-0.39, 0.29) is 17.6 Å². The van der Waals surface area contributed by atoms with Gasteiger partial charge in [0.1, 0.15) is 18.5 Å². The molecule has 1 aromatic heterocycles. The van der Waals surface area contributed by atoms with Crippen LogP contribution in [-0.4, -0.2) is 31.8 Å². The van der Waals surface area contributed by atoms with Crippen LogP contribution in [-0.2, 0) is 15.6 Å². The predicted octanol–water partition coefficient (Wildman–Crippen LogP) is 3.29. The Bertz CT molecular complexity index is 879. The van der Waals surface area contributed by atoms with E-state index in [1.165, 1.54) is 6.92 Å². The molecule has 2 aromatic rings. The summed E-state index contributed by atoms with van der Waals surface area (Å²) in [5.74, 6) is 1.32. The molecule has 25 heavy (non-hydrogen) atoms. The summed E-state index contributed by atoms with van der Waals surface area (Å²) in [6.07, 6.45) is 0. The minimum absolute atomic E-state index is 0.0593. The first-order valence-corrected chi connectivity index (χ1v) is 10.0. The van der Waals surface area contributed by atoms with Gasteiger partial charge in [-0.15, -0.1) is 0 Å². The summed E-state index contributed by atoms with van der Waals surface area (Å²) in [6.45, 7) is 6.16. The van der Waals surface area contributed by atoms with E-state index in [0.717, 1.165) is 0 Å². The second-order valence-electron chi connectivity index (χ2n) is 6.20. The molecule has 7 nitrogen and oxygen atoms in total. The molecule has 0 saturated heterocycles. The topological polar surface area (TPSA) is 91.5 Å². The van der Waals surface area contributed by atoms with E-state index < -0.39 is 15.1 Å². The van der Waals surface area contributed by atoms with E-state index in [4.69, 9.17) is 25.6 Å². The van der Waals surface area contributed by atoms with Crippen molar-refractivity contribution in [1.82, 2.24) is 10.1 Å². The van der Waals surface area contributed by atoms with Crippen LogP contribution >= 0.6 is 11.6 Å². The Morgan fingerprint density at radius 2 is 1.92 bits per heavy atom. The third-order valence-corrected chi connectivity index (χ3v) is 6.18. The molecule has 0 amide bonds. The SMILES string of the molecule is CC(C)c1noc(C(C)S(=O)(=O)Cc2cc(Cl)c3c(c2)OCCO3)n1. The third kappa shape index (κ3) is 3.74. The summed E-state index contributed by atoms with van der Waals surface area (Å²) in [6, 6.07) is 3.21. The molecule has 1 atom stereocenters. The monoisotopic (exact) mass is 386 g/mol. The van der Waals surface area contributed by atoms with E-state index in [9.17, 15) is 8.42 Å². The van der Waals surface area contributed by atoms with Crippen LogP contribution in [0, 0.1) is 0 Å². The average Bonchev–Trinajstić information content (AvgIpc) is 3.04. The van der Waals surface area contributed by atoms with Gasteiger partial charge in [0.25, 0.3) is 0 Å². The van der Waals surface area contributed by atoms with Crippen LogP contribution in [0.15, 0.2) is 16.7 Å². The van der Waals surface area contributed by atoms with E-state index in [1.807, 2.05) is 13.8 Å². The van der Waals surface area contributed by atoms with Crippen LogP contribution in [0.2, 0.25) is 5.02 Å². The van der Waals surface area contributed by atoms with Crippen molar-refractivity contribution in [2.75, 3.05) is 13.2 Å². The van der Waals surface area contributed by atoms with Crippen molar-refractivity contribution in [3.05, 3.63) is 34.4 Å². The maximum atomic E-state index is 12.7. The Morgan fingerprint density at radius 1 is 1.20 bits per heavy atom. The van der Waals surface area contributed by atoms with Crippen molar-refractivity contribution in [2.45, 2.75) is 37.7 Å². The fourth-order valence-electron chi connectivity index (χ4n) is 2.41. The average molecular weight is 387 g/mol. The Kier molecular flexibility index (Phi) is 4.92. The fourth-order valence-corrected chi connectivity index (χ4v) is 3.98. The van der Waals surface area contributed by atoms with Crippen LogP contribution in [0.4, 0.5) is 0 Å². The number of hydrogen-bond donors (Lipinski definition) is 0. The summed E-state index contributed by atoms with van der Waals surface area (Å²) >= 11 is 6.17. The van der Waals surface area contributed by atoms with Crippen LogP contribution in [0.25, 0.3) is 0 Å². The molecule has 1 aliphatic heterocycles. The van der Waals surface area contributed by atoms with Gasteiger partial charge in [-0.3, -0.25) is 0 Å². The Balaban J connectivity index is 1.84. The van der Waals surface area contributed by atoms with Gasteiger partial charge in [-0.25, -0.2) is 8.42 Å². The van der Waals surface area contributed by atoms with Gasteiger partial charge in [-0.05, 0) is 24.6 Å². The van der Waals surface area contributed by atoms with Gasteiger partial charge in [0.15, 0.2) is 27.2 Å². The molecule has 1 unspecified atom stereocenters. The molecule has 0 radical (unpaired) electrons. The Labute approximate surface area is 151 Å². The number of fused-ring (bicyclic) bond motifs is 1. The van der Waals surface area contributed by atoms with E-state index in [1.54, 1.807) is 12.1 Å². The highest BCUT2D eigenvalue weighted by molar-refractivity contribution is 7.90. The van der Waals surface area contributed by atoms with Gasteiger partial charge in [0, 0.05) is 5.92 Å². The lowest BCUT2D eigenvalue weighted by Crippen LogP contribution is -2.17. The molecule has 3 rings (SSSR count). The van der Waals surface area contributed by atoms with Crippen LogP contribution in [0.5, 0.6) is 11.5 Å². The van der Waals surface area contributed by atoms with Crippen molar-refractivity contribution in [3.63, 3.8) is 0 Å². The number of sulfone groups is 1. The Hall–Kier alpha value is -1.80. The highest BCUT2D eigenvalue weighted by atomic mass is 35.5. The van der Waals surface area contributed by atoms with Crippen molar-refractivity contribution in [3.8, 4) is 11.5 Å². The first kappa shape index (κ1) is 18.0. The number of hydrogen-bond acceptors (Lipinski definition) is 7. The molecule has 2 heterocycles. The molecule has 0 bridgehead atoms. The third-order valence-electron chi connectivity index (χ3n) is 3.88. The quantitative estimate of drug-likeness (QED) is 0.778. The molecular weight excluding hydrogens is 368 g/mol. The smallest absolute Gasteiger partial charge is 0.244 e. The summed E-state index contributed by atoms with van der Waals surface area (Å²) in [5, 5.41) is 3.23. The lowest BCUT2D eigenvalue weighted by Gasteiger charge is -2.20. The lowest BCUT2D eigenvalue weighted by molar-refractivity contribution is 0.171. The number of benzene rings is 1. The fraction of sp³-hybridized carbons (Fsp3) is 0.500. The predicted molar refractivity (Wildman–Crippen MR) is 91.9 cm³/mol. The van der Waals surface area contributed by atoms with Crippen molar-refractivity contribution in [2.24, 2.45) is 0 Å². The van der Waals surface area contributed by atoms with Gasteiger partial charge in [0.05, 0.1) is 10.8 Å². The zero-order valence-corrected chi connectivity index (χ0v) is 15.7. The maximum Gasteiger partial charge on any atom is 0.244 e. The molecule has 136 valence electrons. The zero-order valence-electron chi connectivity index (χ0n) is 14.2. The normalized spacial score (nSPS) is 15.4. The minimum atomic E-state index is -3.57. The van der Waals surface area contributed by atoms with Crippen molar-refractivity contribution in [1.29, 1.82) is 0 Å². The molecule has 1 aromatic carbocycles. The lowest BCUT2D eigenvalue weighted by atomic mass is 10.2. The van der Waals surface area contributed by atoms with Gasteiger partial charge in [-0.2, -0.15) is 4.98 Å². The number of halogens is 1. The van der Waals surface area contributed by atoms with Crippen molar-refractivity contribution < 1.29 is 22.4 Å². The molecule has 1 aliphatic rings. The summed E-state index contributed by atoms with van der Waals surface area (Å²) in [7, 11) is -3.57. The molecule has 0 fully saturated rings. The zero-order chi connectivity index (χ0) is 18.2. The maximum absolute atomic E-state index is 12.7. The molecule has 0 saturated carbocycles. The van der Waals surface area contributed by atoms with Crippen LogP contribution in [0.1, 0.15) is 49.2 Å². The molecule has 0 N–H and O–H groups in total. The van der Waals surface area contributed by atoms with Crippen LogP contribution in [0.3, 0.4) is 0 Å². The first-order valence-electron chi connectivity index (χ1n) is 7.91. The summed E-state index contributed by atoms with van der Waals surface area (Å²) in [5.41, 5.74) is 0.518. The second-order valence-corrected chi connectivity index (χ2v) is 8.93. The van der Waals surface area contributed by atoms with Gasteiger partial charge < -0.3 is 14.0 Å². The van der Waals surface area contributed by atoms with Crippen molar-refractivity contribution >= 4 is 21.4 Å². The molecule has 9 heteroatoms. The van der Waals surface area contributed by atoms with E-state index in [2.05, 4.69) is 10.1 Å². The number of nitrogens with zero attached hydrogens (tertiary/aromatic N) is 2. The summed E-state index contributed by atoms with van der Waals surface area (Å²) < 4.78 is 41.5. The van der Waals surface area contributed by atoms with Crippen LogP contribution < -0.4 is 9.47 Å². The highest BCUT2D eigenvalue weighted by Gasteiger charge is 2.29. The standard InChI is InChI=1S/C16H19ClN2O5S/c1-9(2)15-18-16(24-19-15)10(3)25(20,21)8-11-6-12(17)14-13(7-11)22-4-5-23-14/h6-7,9-10H,4-5,8H2,1-3H3. The van der Waals surface area contributed by atoms with Gasteiger partial charge in [-0.1, -0.05) is 30.6 Å². The first-order chi connectivity index (χ1) is 11.8. The molecular formula is C16H19ClN2O5S. The van der Waals surface area contributed by atoms with E-state index >= 15 is 0 Å². The highest BCUT2D eigenvalue weighted by Crippen LogP contribution is 2.39. The Morgan fingerprint density at radius 3 is 2.60 bits per heavy atom. The number of aromatic nitrogens is 2. The number of ether oxygens (including phenoxy) is 2. The summed E-state index contributed by atoms with van der Waals surface area (Å²) in [4.78, 5) is 4.18. The number of rotatable bonds is 5. The minimum Gasteiger partial charge on any atom is -0.486 e. The van der Waals surface area contributed by atoms with Gasteiger partial charge >= 0.3 is 0 Å². The largest absolute Gasteiger partial charge is 0.486 e. The van der Waals surface area contributed by atoms with Gasteiger partial charge in [0.2, 0.25) is 5.89 Å². The molecule has 0 spiro atoms. The van der Waals surface area contributed by atoms with E-state index in [0.29, 0.717) is 41.1 Å². The molecule has 0 aliphatic carbocycles.